The van der Waals surface area contributed by atoms with Crippen molar-refractivity contribution in [3.63, 3.8) is 0 Å². The van der Waals surface area contributed by atoms with Crippen LogP contribution >= 0.6 is 23.1 Å². The maximum Gasteiger partial charge on any atom is 0.196 e. The topological polar surface area (TPSA) is 17.3 Å². The van der Waals surface area contributed by atoms with Crippen LogP contribution in [-0.4, -0.2) is 9.38 Å². The quantitative estimate of drug-likeness (QED) is 0.351. The van der Waals surface area contributed by atoms with Crippen LogP contribution in [0.1, 0.15) is 5.56 Å². The maximum absolute atomic E-state index is 4.99. The fourth-order valence-corrected chi connectivity index (χ4v) is 5.20. The van der Waals surface area contributed by atoms with E-state index in [-0.39, 0.29) is 0 Å². The standard InChI is InChI=1S/C22H16N2S2/c1-15-11-13-17(14-12-15)25-21-20(16-7-3-2-4-8-16)23-22-24(21)18-9-5-6-10-19(18)26-22/h2-14H,1H3. The van der Waals surface area contributed by atoms with Gasteiger partial charge in [0.1, 0.15) is 10.7 Å². The molecule has 0 aliphatic heterocycles. The number of fused-ring (bicyclic) bond motifs is 3. The molecule has 0 bridgehead atoms. The van der Waals surface area contributed by atoms with Gasteiger partial charge >= 0.3 is 0 Å². The molecule has 4 heteroatoms. The summed E-state index contributed by atoms with van der Waals surface area (Å²) in [5.41, 5.74) is 4.70. The first-order valence-electron chi connectivity index (χ1n) is 8.49. The third kappa shape index (κ3) is 2.62. The minimum Gasteiger partial charge on any atom is -0.277 e. The summed E-state index contributed by atoms with van der Waals surface area (Å²) in [5.74, 6) is 0. The number of para-hydroxylation sites is 1. The maximum atomic E-state index is 4.99. The van der Waals surface area contributed by atoms with E-state index in [1.165, 1.54) is 25.7 Å². The van der Waals surface area contributed by atoms with Gasteiger partial charge in [-0.3, -0.25) is 4.40 Å². The highest BCUT2D eigenvalue weighted by Crippen LogP contribution is 2.40. The van der Waals surface area contributed by atoms with Crippen molar-refractivity contribution in [1.82, 2.24) is 9.38 Å². The Morgan fingerprint density at radius 1 is 0.846 bits per heavy atom. The number of aromatic nitrogens is 2. The first-order valence-corrected chi connectivity index (χ1v) is 10.1. The smallest absolute Gasteiger partial charge is 0.196 e. The number of hydrogen-bond acceptors (Lipinski definition) is 3. The Kier molecular flexibility index (Phi) is 3.80. The molecule has 2 heterocycles. The Labute approximate surface area is 160 Å². The van der Waals surface area contributed by atoms with Crippen molar-refractivity contribution in [2.75, 3.05) is 0 Å². The molecule has 0 amide bonds. The van der Waals surface area contributed by atoms with Crippen molar-refractivity contribution >= 4 is 38.3 Å². The minimum atomic E-state index is 1.04. The summed E-state index contributed by atoms with van der Waals surface area (Å²) in [6.45, 7) is 2.12. The third-order valence-corrected chi connectivity index (χ3v) is 6.49. The van der Waals surface area contributed by atoms with Crippen LogP contribution in [0.4, 0.5) is 0 Å². The number of benzene rings is 3. The van der Waals surface area contributed by atoms with E-state index in [9.17, 15) is 0 Å². The Morgan fingerprint density at radius 2 is 1.58 bits per heavy atom. The molecule has 0 aliphatic rings. The van der Waals surface area contributed by atoms with Gasteiger partial charge in [-0.05, 0) is 31.2 Å². The summed E-state index contributed by atoms with van der Waals surface area (Å²) >= 11 is 3.52. The van der Waals surface area contributed by atoms with Crippen molar-refractivity contribution in [2.45, 2.75) is 16.8 Å². The lowest BCUT2D eigenvalue weighted by atomic mass is 10.2. The first kappa shape index (κ1) is 15.7. The zero-order valence-electron chi connectivity index (χ0n) is 14.2. The van der Waals surface area contributed by atoms with Crippen molar-refractivity contribution in [3.05, 3.63) is 84.4 Å². The monoisotopic (exact) mass is 372 g/mol. The lowest BCUT2D eigenvalue weighted by molar-refractivity contribution is 1.12. The Hall–Kier alpha value is -2.56. The van der Waals surface area contributed by atoms with Crippen LogP contribution in [0.25, 0.3) is 26.4 Å². The molecule has 0 unspecified atom stereocenters. The van der Waals surface area contributed by atoms with E-state index in [4.69, 9.17) is 4.98 Å². The molecular weight excluding hydrogens is 356 g/mol. The number of hydrogen-bond donors (Lipinski definition) is 0. The van der Waals surface area contributed by atoms with Gasteiger partial charge in [-0.15, -0.1) is 0 Å². The van der Waals surface area contributed by atoms with E-state index in [2.05, 4.69) is 84.1 Å². The van der Waals surface area contributed by atoms with Gasteiger partial charge in [-0.2, -0.15) is 0 Å². The van der Waals surface area contributed by atoms with Crippen LogP contribution < -0.4 is 0 Å². The van der Waals surface area contributed by atoms with Gasteiger partial charge in [0.15, 0.2) is 4.96 Å². The fraction of sp³-hybridized carbons (Fsp3) is 0.0455. The zero-order chi connectivity index (χ0) is 17.5. The predicted molar refractivity (Wildman–Crippen MR) is 111 cm³/mol. The molecule has 0 radical (unpaired) electrons. The SMILES string of the molecule is Cc1ccc(Sc2c(-c3ccccc3)nc3sc4ccccc4n23)cc1. The highest BCUT2D eigenvalue weighted by Gasteiger charge is 2.19. The van der Waals surface area contributed by atoms with Gasteiger partial charge in [-0.25, -0.2) is 4.98 Å². The van der Waals surface area contributed by atoms with Gasteiger partial charge in [0.2, 0.25) is 0 Å². The van der Waals surface area contributed by atoms with Gasteiger partial charge in [0, 0.05) is 10.5 Å². The third-order valence-electron chi connectivity index (χ3n) is 4.39. The second-order valence-corrected chi connectivity index (χ2v) is 8.31. The first-order chi connectivity index (χ1) is 12.8. The molecule has 0 fully saturated rings. The number of nitrogens with zero attached hydrogens (tertiary/aromatic N) is 2. The van der Waals surface area contributed by atoms with Gasteiger partial charge < -0.3 is 0 Å². The van der Waals surface area contributed by atoms with Crippen molar-refractivity contribution in [3.8, 4) is 11.3 Å². The van der Waals surface area contributed by atoms with Crippen molar-refractivity contribution in [2.24, 2.45) is 0 Å². The molecule has 5 aromatic rings. The summed E-state index contributed by atoms with van der Waals surface area (Å²) in [5, 5.41) is 1.17. The molecule has 3 aromatic carbocycles. The van der Waals surface area contributed by atoms with Crippen LogP contribution in [0.3, 0.4) is 0 Å². The lowest BCUT2D eigenvalue weighted by Gasteiger charge is -2.06. The van der Waals surface area contributed by atoms with E-state index < -0.39 is 0 Å². The summed E-state index contributed by atoms with van der Waals surface area (Å²) in [6, 6.07) is 27.7. The molecule has 126 valence electrons. The molecule has 2 aromatic heterocycles. The molecule has 0 saturated heterocycles. The molecule has 0 aliphatic carbocycles. The summed E-state index contributed by atoms with van der Waals surface area (Å²) in [7, 11) is 0. The molecule has 0 N–H and O–H groups in total. The Balaban J connectivity index is 1.77. The zero-order valence-corrected chi connectivity index (χ0v) is 15.8. The minimum absolute atomic E-state index is 1.04. The Morgan fingerprint density at radius 3 is 2.38 bits per heavy atom. The Bertz CT molecular complexity index is 1200. The predicted octanol–water partition coefficient (Wildman–Crippen LogP) is 6.68. The second-order valence-electron chi connectivity index (χ2n) is 6.23. The van der Waals surface area contributed by atoms with Crippen LogP contribution in [0, 0.1) is 6.92 Å². The molecule has 0 saturated carbocycles. The summed E-state index contributed by atoms with van der Waals surface area (Å²) in [6.07, 6.45) is 0. The number of thiazole rings is 1. The number of rotatable bonds is 3. The van der Waals surface area contributed by atoms with E-state index >= 15 is 0 Å². The van der Waals surface area contributed by atoms with E-state index in [1.807, 2.05) is 6.07 Å². The fourth-order valence-electron chi connectivity index (χ4n) is 3.09. The van der Waals surface area contributed by atoms with Gasteiger partial charge in [0.25, 0.3) is 0 Å². The van der Waals surface area contributed by atoms with Gasteiger partial charge in [0.05, 0.1) is 10.2 Å². The molecule has 0 spiro atoms. The normalized spacial score (nSPS) is 11.4. The van der Waals surface area contributed by atoms with Crippen LogP contribution in [-0.2, 0) is 0 Å². The highest BCUT2D eigenvalue weighted by molar-refractivity contribution is 7.99. The van der Waals surface area contributed by atoms with Crippen LogP contribution in [0.15, 0.2) is 88.8 Å². The molecule has 0 atom stereocenters. The van der Waals surface area contributed by atoms with Crippen molar-refractivity contribution in [1.29, 1.82) is 0 Å². The number of aryl methyl sites for hydroxylation is 1. The molecule has 2 nitrogen and oxygen atoms in total. The largest absolute Gasteiger partial charge is 0.277 e. The lowest BCUT2D eigenvalue weighted by Crippen LogP contribution is -1.86. The summed E-state index contributed by atoms with van der Waals surface area (Å²) < 4.78 is 3.56. The second kappa shape index (κ2) is 6.31. The molecule has 26 heavy (non-hydrogen) atoms. The van der Waals surface area contributed by atoms with E-state index in [0.29, 0.717) is 0 Å². The van der Waals surface area contributed by atoms with Gasteiger partial charge in [-0.1, -0.05) is 83.3 Å². The summed E-state index contributed by atoms with van der Waals surface area (Å²) in [4.78, 5) is 7.26. The van der Waals surface area contributed by atoms with Crippen molar-refractivity contribution < 1.29 is 0 Å². The molecular formula is C22H16N2S2. The molecule has 5 rings (SSSR count). The highest BCUT2D eigenvalue weighted by atomic mass is 32.2. The van der Waals surface area contributed by atoms with E-state index in [0.717, 1.165) is 16.2 Å². The van der Waals surface area contributed by atoms with Crippen LogP contribution in [0.5, 0.6) is 0 Å². The number of imidazole rings is 1. The van der Waals surface area contributed by atoms with E-state index in [1.54, 1.807) is 23.1 Å². The average Bonchev–Trinajstić information content (AvgIpc) is 3.21. The van der Waals surface area contributed by atoms with Crippen LogP contribution in [0.2, 0.25) is 0 Å². The average molecular weight is 373 g/mol.